The summed E-state index contributed by atoms with van der Waals surface area (Å²) >= 11 is 0. The zero-order chi connectivity index (χ0) is 19.7. The minimum atomic E-state index is -0.683. The number of nitrogens with one attached hydrogen (secondary N) is 2. The monoisotopic (exact) mass is 386 g/mol. The van der Waals surface area contributed by atoms with E-state index in [4.69, 9.17) is 10.5 Å². The van der Waals surface area contributed by atoms with Crippen molar-refractivity contribution in [3.8, 4) is 0 Å². The average molecular weight is 386 g/mol. The number of carbonyl (C=O) groups is 2. The minimum Gasteiger partial charge on any atom is -0.383 e. The van der Waals surface area contributed by atoms with E-state index >= 15 is 0 Å². The van der Waals surface area contributed by atoms with Gasteiger partial charge in [-0.2, -0.15) is 5.10 Å². The second kappa shape index (κ2) is 7.75. The lowest BCUT2D eigenvalue weighted by Crippen LogP contribution is -2.55. The number of nitrogens with zero attached hydrogens (tertiary/aromatic N) is 3. The summed E-state index contributed by atoms with van der Waals surface area (Å²) in [4.78, 5) is 31.6. The molecule has 3 atom stereocenters. The van der Waals surface area contributed by atoms with Gasteiger partial charge in [0.15, 0.2) is 0 Å². The van der Waals surface area contributed by atoms with Gasteiger partial charge < -0.3 is 20.7 Å². The van der Waals surface area contributed by atoms with Crippen molar-refractivity contribution < 1.29 is 14.3 Å². The molecule has 2 amide bonds. The van der Waals surface area contributed by atoms with E-state index in [1.807, 2.05) is 0 Å². The summed E-state index contributed by atoms with van der Waals surface area (Å²) in [6, 6.07) is -0.0496. The van der Waals surface area contributed by atoms with Gasteiger partial charge in [0, 0.05) is 13.2 Å². The van der Waals surface area contributed by atoms with Crippen LogP contribution in [0.15, 0.2) is 12.4 Å². The molecule has 2 aliphatic heterocycles. The number of likely N-dealkylation sites (tertiary alicyclic amines) is 1. The Balaban J connectivity index is 1.52. The van der Waals surface area contributed by atoms with E-state index in [0.29, 0.717) is 34.9 Å². The number of piperidine rings is 1. The highest BCUT2D eigenvalue weighted by Gasteiger charge is 2.38. The first-order chi connectivity index (χ1) is 13.5. The Bertz CT molecular complexity index is 876. The number of hydrogen-bond acceptors (Lipinski definition) is 6. The second-order valence-electron chi connectivity index (χ2n) is 7.78. The highest BCUT2D eigenvalue weighted by Crippen LogP contribution is 2.30. The predicted octanol–water partition coefficient (Wildman–Crippen LogP) is 1.67. The SMILES string of the molecule is C[C@H]1CC[C@H]([C@H]2CCCCO2)N(C(=O)C(=O)Nc2cnc(N)c3cn[nH]c23)C1. The molecule has 0 radical (unpaired) electrons. The molecule has 0 aliphatic carbocycles. The molecule has 2 saturated heterocycles. The topological polar surface area (TPSA) is 126 Å². The van der Waals surface area contributed by atoms with Crippen LogP contribution in [0.25, 0.3) is 10.9 Å². The fourth-order valence-electron chi connectivity index (χ4n) is 4.22. The maximum Gasteiger partial charge on any atom is 0.314 e. The minimum absolute atomic E-state index is 0.00973. The molecule has 4 N–H and O–H groups in total. The maximum atomic E-state index is 13.0. The van der Waals surface area contributed by atoms with Crippen LogP contribution in [0.5, 0.6) is 0 Å². The molecule has 0 bridgehead atoms. The van der Waals surface area contributed by atoms with Crippen molar-refractivity contribution in [2.24, 2.45) is 5.92 Å². The number of rotatable bonds is 2. The third-order valence-corrected chi connectivity index (χ3v) is 5.73. The molecule has 2 aromatic heterocycles. The van der Waals surface area contributed by atoms with Crippen LogP contribution >= 0.6 is 0 Å². The summed E-state index contributed by atoms with van der Waals surface area (Å²) in [5.41, 5.74) is 6.75. The lowest BCUT2D eigenvalue weighted by Gasteiger charge is -2.43. The zero-order valence-electron chi connectivity index (χ0n) is 16.0. The number of anilines is 2. The molecule has 2 aliphatic rings. The van der Waals surface area contributed by atoms with Gasteiger partial charge in [0.05, 0.1) is 41.1 Å². The van der Waals surface area contributed by atoms with Gasteiger partial charge in [0.1, 0.15) is 5.82 Å². The lowest BCUT2D eigenvalue weighted by atomic mass is 9.88. The number of aromatic amines is 1. The maximum absolute atomic E-state index is 13.0. The molecule has 0 unspecified atom stereocenters. The third kappa shape index (κ3) is 3.54. The van der Waals surface area contributed by atoms with Crippen LogP contribution in [0, 0.1) is 5.92 Å². The molecule has 4 heterocycles. The van der Waals surface area contributed by atoms with E-state index in [1.54, 1.807) is 4.90 Å². The van der Waals surface area contributed by atoms with Crippen LogP contribution in [0.3, 0.4) is 0 Å². The van der Waals surface area contributed by atoms with Gasteiger partial charge in [0.2, 0.25) is 0 Å². The summed E-state index contributed by atoms with van der Waals surface area (Å²) in [6.45, 7) is 3.39. The van der Waals surface area contributed by atoms with Crippen LogP contribution in [0.2, 0.25) is 0 Å². The molecule has 0 saturated carbocycles. The Hall–Kier alpha value is -2.68. The number of H-pyrrole nitrogens is 1. The number of pyridine rings is 1. The summed E-state index contributed by atoms with van der Waals surface area (Å²) in [5.74, 6) is -0.547. The van der Waals surface area contributed by atoms with Gasteiger partial charge in [-0.05, 0) is 38.0 Å². The van der Waals surface area contributed by atoms with Crippen molar-refractivity contribution in [3.05, 3.63) is 12.4 Å². The van der Waals surface area contributed by atoms with E-state index in [2.05, 4.69) is 27.4 Å². The number of fused-ring (bicyclic) bond motifs is 1. The Morgan fingerprint density at radius 2 is 2.14 bits per heavy atom. The van der Waals surface area contributed by atoms with Gasteiger partial charge in [-0.1, -0.05) is 6.92 Å². The Morgan fingerprint density at radius 3 is 2.93 bits per heavy atom. The smallest absolute Gasteiger partial charge is 0.314 e. The quantitative estimate of drug-likeness (QED) is 0.674. The number of nitrogen functional groups attached to an aromatic ring is 1. The van der Waals surface area contributed by atoms with Crippen molar-refractivity contribution >= 4 is 34.2 Å². The van der Waals surface area contributed by atoms with E-state index in [-0.39, 0.29) is 12.1 Å². The zero-order valence-corrected chi connectivity index (χ0v) is 16.0. The van der Waals surface area contributed by atoms with E-state index < -0.39 is 11.8 Å². The van der Waals surface area contributed by atoms with Gasteiger partial charge in [-0.25, -0.2) is 4.98 Å². The van der Waals surface area contributed by atoms with E-state index in [9.17, 15) is 9.59 Å². The highest BCUT2D eigenvalue weighted by molar-refractivity contribution is 6.40. The molecule has 28 heavy (non-hydrogen) atoms. The second-order valence-corrected chi connectivity index (χ2v) is 7.78. The lowest BCUT2D eigenvalue weighted by molar-refractivity contribution is -0.151. The normalized spacial score (nSPS) is 25.6. The molecule has 150 valence electrons. The van der Waals surface area contributed by atoms with Crippen LogP contribution in [0.1, 0.15) is 39.0 Å². The summed E-state index contributed by atoms with van der Waals surface area (Å²) in [6.07, 6.45) is 7.96. The van der Waals surface area contributed by atoms with Crippen molar-refractivity contribution in [1.29, 1.82) is 0 Å². The molecular formula is C19H26N6O3. The number of ether oxygens (including phenoxy) is 1. The first-order valence-corrected chi connectivity index (χ1v) is 9.85. The predicted molar refractivity (Wildman–Crippen MR) is 104 cm³/mol. The summed E-state index contributed by atoms with van der Waals surface area (Å²) in [7, 11) is 0. The highest BCUT2D eigenvalue weighted by atomic mass is 16.5. The van der Waals surface area contributed by atoms with Crippen LogP contribution < -0.4 is 11.1 Å². The Labute approximate surface area is 163 Å². The van der Waals surface area contributed by atoms with Crippen molar-refractivity contribution in [2.45, 2.75) is 51.2 Å². The summed E-state index contributed by atoms with van der Waals surface area (Å²) < 4.78 is 5.93. The number of hydrogen-bond donors (Lipinski definition) is 3. The van der Waals surface area contributed by atoms with Crippen molar-refractivity contribution in [3.63, 3.8) is 0 Å². The standard InChI is InChI=1S/C19H26N6O3/c1-11-5-6-14(15-4-2-3-7-28-15)25(10-11)19(27)18(26)23-13-9-21-17(20)12-8-22-24-16(12)13/h8-9,11,14-15H,2-7,10H2,1H3,(H2,20,21)(H,22,24)(H,23,26)/t11-,14+,15+/m0/s1. The number of nitrogens with two attached hydrogens (primary N) is 1. The Kier molecular flexibility index (Phi) is 5.17. The Morgan fingerprint density at radius 1 is 1.29 bits per heavy atom. The van der Waals surface area contributed by atoms with Crippen molar-refractivity contribution in [2.75, 3.05) is 24.2 Å². The van der Waals surface area contributed by atoms with E-state index in [0.717, 1.165) is 38.7 Å². The van der Waals surface area contributed by atoms with Gasteiger partial charge >= 0.3 is 11.8 Å². The van der Waals surface area contributed by atoms with Gasteiger partial charge in [-0.3, -0.25) is 14.7 Å². The van der Waals surface area contributed by atoms with Gasteiger partial charge in [0.25, 0.3) is 0 Å². The molecule has 0 aromatic carbocycles. The number of carbonyl (C=O) groups excluding carboxylic acids is 2. The van der Waals surface area contributed by atoms with Crippen LogP contribution in [-0.4, -0.2) is 57.2 Å². The molecule has 4 rings (SSSR count). The van der Waals surface area contributed by atoms with Crippen LogP contribution in [-0.2, 0) is 14.3 Å². The first kappa shape index (κ1) is 18.7. The van der Waals surface area contributed by atoms with E-state index in [1.165, 1.54) is 12.4 Å². The first-order valence-electron chi connectivity index (χ1n) is 9.85. The summed E-state index contributed by atoms with van der Waals surface area (Å²) in [5, 5.41) is 10.0. The molecule has 2 fully saturated rings. The molecule has 9 nitrogen and oxygen atoms in total. The van der Waals surface area contributed by atoms with Crippen molar-refractivity contribution in [1.82, 2.24) is 20.1 Å². The third-order valence-electron chi connectivity index (χ3n) is 5.73. The fraction of sp³-hybridized carbons (Fsp3) is 0.579. The largest absolute Gasteiger partial charge is 0.383 e. The molecule has 9 heteroatoms. The van der Waals surface area contributed by atoms with Gasteiger partial charge in [-0.15, -0.1) is 0 Å². The molecule has 0 spiro atoms. The number of amides is 2. The van der Waals surface area contributed by atoms with Crippen LogP contribution in [0.4, 0.5) is 11.5 Å². The molecular weight excluding hydrogens is 360 g/mol. The number of aromatic nitrogens is 3. The fourth-order valence-corrected chi connectivity index (χ4v) is 4.22. The average Bonchev–Trinajstić information content (AvgIpc) is 3.21. The molecule has 2 aromatic rings.